The predicted molar refractivity (Wildman–Crippen MR) is 52.9 cm³/mol. The van der Waals surface area contributed by atoms with E-state index in [1.54, 1.807) is 0 Å². The first-order chi connectivity index (χ1) is 6.74. The molecule has 0 spiro atoms. The molecular weight excluding hydrogens is 198 g/mol. The van der Waals surface area contributed by atoms with Crippen LogP contribution in [0.3, 0.4) is 0 Å². The van der Waals surface area contributed by atoms with Gasteiger partial charge in [-0.3, -0.25) is 9.59 Å². The van der Waals surface area contributed by atoms with Gasteiger partial charge in [0.25, 0.3) is 0 Å². The fraction of sp³-hybridized carbons (Fsp3) is 0.400. The lowest BCUT2D eigenvalue weighted by Crippen LogP contribution is -2.48. The van der Waals surface area contributed by atoms with Gasteiger partial charge in [-0.05, 0) is 26.0 Å². The van der Waals surface area contributed by atoms with Crippen molar-refractivity contribution in [2.24, 2.45) is 16.6 Å². The van der Waals surface area contributed by atoms with Gasteiger partial charge in [-0.1, -0.05) is 6.08 Å². The highest BCUT2D eigenvalue weighted by molar-refractivity contribution is 5.90. The molecule has 0 radical (unpaired) electrons. The highest BCUT2D eigenvalue weighted by Crippen LogP contribution is 2.45. The Balaban J connectivity index is 3.38. The van der Waals surface area contributed by atoms with Crippen molar-refractivity contribution in [3.63, 3.8) is 0 Å². The van der Waals surface area contributed by atoms with E-state index in [1.807, 2.05) is 0 Å². The Bertz CT molecular complexity index is 385. The first kappa shape index (κ1) is 11.3. The fourth-order valence-electron chi connectivity index (χ4n) is 1.54. The number of carbonyl (C=O) groups is 2. The maximum absolute atomic E-state index is 11.1. The summed E-state index contributed by atoms with van der Waals surface area (Å²) in [6.45, 7) is 2.71. The van der Waals surface area contributed by atoms with Crippen molar-refractivity contribution < 1.29 is 19.8 Å². The Morgan fingerprint density at radius 2 is 1.67 bits per heavy atom. The van der Waals surface area contributed by atoms with Crippen LogP contribution in [0.2, 0.25) is 0 Å². The first-order valence-corrected chi connectivity index (χ1v) is 4.38. The summed E-state index contributed by atoms with van der Waals surface area (Å²) in [7, 11) is 0. The minimum absolute atomic E-state index is 0.263. The second-order valence-electron chi connectivity index (χ2n) is 3.99. The van der Waals surface area contributed by atoms with Gasteiger partial charge in [0, 0.05) is 5.70 Å². The Labute approximate surface area is 86.9 Å². The molecule has 1 aliphatic rings. The second kappa shape index (κ2) is 3.12. The molecule has 0 saturated heterocycles. The average molecular weight is 211 g/mol. The largest absolute Gasteiger partial charge is 0.481 e. The molecule has 2 atom stereocenters. The average Bonchev–Trinajstić information content (AvgIpc) is 2.11. The number of allylic oxidation sites excluding steroid dienone is 1. The van der Waals surface area contributed by atoms with Crippen molar-refractivity contribution in [1.82, 2.24) is 0 Å². The van der Waals surface area contributed by atoms with Crippen LogP contribution in [0.4, 0.5) is 0 Å². The van der Waals surface area contributed by atoms with Crippen molar-refractivity contribution in [3.8, 4) is 0 Å². The summed E-state index contributed by atoms with van der Waals surface area (Å²) < 4.78 is 0. The Hall–Kier alpha value is -1.78. The highest BCUT2D eigenvalue weighted by atomic mass is 16.4. The van der Waals surface area contributed by atoms with E-state index in [2.05, 4.69) is 0 Å². The molecule has 1 aliphatic carbocycles. The van der Waals surface area contributed by atoms with Crippen molar-refractivity contribution in [2.45, 2.75) is 13.8 Å². The predicted octanol–water partition coefficient (Wildman–Crippen LogP) is 0.581. The molecule has 0 bridgehead atoms. The number of hydrogen-bond acceptors (Lipinski definition) is 3. The zero-order valence-electron chi connectivity index (χ0n) is 8.52. The smallest absolute Gasteiger partial charge is 0.314 e. The van der Waals surface area contributed by atoms with Crippen LogP contribution in [0, 0.1) is 10.8 Å². The van der Waals surface area contributed by atoms with Crippen LogP contribution in [-0.2, 0) is 9.59 Å². The normalized spacial score (nSPS) is 34.7. The zero-order chi connectivity index (χ0) is 11.9. The Kier molecular flexibility index (Phi) is 2.35. The third-order valence-corrected chi connectivity index (χ3v) is 3.03. The first-order valence-electron chi connectivity index (χ1n) is 4.38. The number of rotatable bonds is 2. The van der Waals surface area contributed by atoms with Crippen LogP contribution in [0.1, 0.15) is 13.8 Å². The van der Waals surface area contributed by atoms with E-state index in [1.165, 1.54) is 32.1 Å². The van der Waals surface area contributed by atoms with E-state index in [9.17, 15) is 9.59 Å². The molecular formula is C10H13NO4. The van der Waals surface area contributed by atoms with E-state index in [4.69, 9.17) is 15.9 Å². The molecule has 0 aromatic carbocycles. The molecule has 0 saturated carbocycles. The molecule has 0 unspecified atom stereocenters. The maximum atomic E-state index is 11.1. The van der Waals surface area contributed by atoms with Crippen molar-refractivity contribution in [3.05, 3.63) is 23.9 Å². The Morgan fingerprint density at radius 3 is 2.07 bits per heavy atom. The molecule has 5 nitrogen and oxygen atoms in total. The third-order valence-electron chi connectivity index (χ3n) is 3.03. The lowest BCUT2D eigenvalue weighted by atomic mass is 9.63. The molecule has 0 aliphatic heterocycles. The van der Waals surface area contributed by atoms with Crippen molar-refractivity contribution >= 4 is 11.9 Å². The molecule has 4 N–H and O–H groups in total. The van der Waals surface area contributed by atoms with E-state index < -0.39 is 22.8 Å². The van der Waals surface area contributed by atoms with E-state index in [0.29, 0.717) is 0 Å². The van der Waals surface area contributed by atoms with Gasteiger partial charge in [-0.25, -0.2) is 0 Å². The maximum Gasteiger partial charge on any atom is 0.314 e. The summed E-state index contributed by atoms with van der Waals surface area (Å²) in [6, 6.07) is 0. The van der Waals surface area contributed by atoms with E-state index in [0.717, 1.165) is 0 Å². The number of nitrogens with two attached hydrogens (primary N) is 1. The van der Waals surface area contributed by atoms with Crippen LogP contribution in [0.25, 0.3) is 0 Å². The summed E-state index contributed by atoms with van der Waals surface area (Å²) in [5, 5.41) is 18.2. The lowest BCUT2D eigenvalue weighted by Gasteiger charge is -2.38. The van der Waals surface area contributed by atoms with Crippen LogP contribution in [0.5, 0.6) is 0 Å². The van der Waals surface area contributed by atoms with Gasteiger partial charge in [0.2, 0.25) is 0 Å². The van der Waals surface area contributed by atoms with Gasteiger partial charge < -0.3 is 15.9 Å². The van der Waals surface area contributed by atoms with Crippen molar-refractivity contribution in [2.75, 3.05) is 0 Å². The monoisotopic (exact) mass is 211 g/mol. The van der Waals surface area contributed by atoms with E-state index in [-0.39, 0.29) is 5.70 Å². The second-order valence-corrected chi connectivity index (χ2v) is 3.99. The van der Waals surface area contributed by atoms with Crippen LogP contribution < -0.4 is 5.73 Å². The molecule has 0 aromatic rings. The van der Waals surface area contributed by atoms with Gasteiger partial charge in [-0.2, -0.15) is 0 Å². The minimum Gasteiger partial charge on any atom is -0.481 e. The third kappa shape index (κ3) is 1.40. The summed E-state index contributed by atoms with van der Waals surface area (Å²) in [6.07, 6.45) is 4.00. The zero-order valence-corrected chi connectivity index (χ0v) is 8.52. The van der Waals surface area contributed by atoms with Gasteiger partial charge in [0.05, 0.1) is 0 Å². The summed E-state index contributed by atoms with van der Waals surface area (Å²) >= 11 is 0. The lowest BCUT2D eigenvalue weighted by molar-refractivity contribution is -0.163. The van der Waals surface area contributed by atoms with Crippen LogP contribution in [-0.4, -0.2) is 22.2 Å². The van der Waals surface area contributed by atoms with E-state index >= 15 is 0 Å². The molecule has 15 heavy (non-hydrogen) atoms. The highest BCUT2D eigenvalue weighted by Gasteiger charge is 2.54. The molecule has 0 fully saturated rings. The van der Waals surface area contributed by atoms with Crippen LogP contribution >= 0.6 is 0 Å². The molecule has 82 valence electrons. The van der Waals surface area contributed by atoms with Gasteiger partial charge in [0.15, 0.2) is 0 Å². The fourth-order valence-corrected chi connectivity index (χ4v) is 1.54. The van der Waals surface area contributed by atoms with Gasteiger partial charge in [0.1, 0.15) is 10.8 Å². The summed E-state index contributed by atoms with van der Waals surface area (Å²) in [4.78, 5) is 22.3. The van der Waals surface area contributed by atoms with Crippen LogP contribution in [0.15, 0.2) is 23.9 Å². The number of aliphatic carboxylic acids is 2. The molecule has 0 heterocycles. The molecule has 1 rings (SSSR count). The standard InChI is InChI=1S/C10H13NO4/c1-9(7(12)13)4-3-6(11)5-10(9,2)8(14)15/h3-5H,11H2,1-2H3,(H,12,13)(H,14,15)/t9-,10+/m0/s1. The summed E-state index contributed by atoms with van der Waals surface area (Å²) in [5.74, 6) is -2.40. The molecule has 0 aromatic heterocycles. The van der Waals surface area contributed by atoms with Crippen molar-refractivity contribution in [1.29, 1.82) is 0 Å². The molecule has 0 amide bonds. The SMILES string of the molecule is C[C@@]1(C(=O)O)C=CC(N)=C[C@]1(C)C(=O)O. The number of hydrogen-bond donors (Lipinski definition) is 3. The summed E-state index contributed by atoms with van der Waals surface area (Å²) in [5.41, 5.74) is 2.74. The quantitative estimate of drug-likeness (QED) is 0.620. The Morgan fingerprint density at radius 1 is 1.20 bits per heavy atom. The van der Waals surface area contributed by atoms with Gasteiger partial charge in [-0.15, -0.1) is 0 Å². The minimum atomic E-state index is -1.53. The molecule has 5 heteroatoms. The topological polar surface area (TPSA) is 101 Å². The number of carboxylic acids is 2. The van der Waals surface area contributed by atoms with Gasteiger partial charge >= 0.3 is 11.9 Å². The number of carboxylic acid groups (broad SMARTS) is 2.